The van der Waals surface area contributed by atoms with Crippen LogP contribution in [0.4, 0.5) is 0 Å². The number of rotatable bonds is 9. The molecule has 0 amide bonds. The lowest BCUT2D eigenvalue weighted by Crippen LogP contribution is -2.55. The van der Waals surface area contributed by atoms with E-state index in [1.807, 2.05) is 0 Å². The van der Waals surface area contributed by atoms with E-state index in [9.17, 15) is 0 Å². The van der Waals surface area contributed by atoms with Crippen molar-refractivity contribution in [2.24, 2.45) is 5.73 Å². The summed E-state index contributed by atoms with van der Waals surface area (Å²) in [4.78, 5) is 0. The molecular weight excluding hydrogens is 449 g/mol. The summed E-state index contributed by atoms with van der Waals surface area (Å²) in [7, 11) is -3.30. The molecular formula is C21H20Cl3NO3Si. The van der Waals surface area contributed by atoms with Gasteiger partial charge in [0, 0.05) is 15.1 Å². The lowest BCUT2D eigenvalue weighted by atomic mass is 10.3. The minimum absolute atomic E-state index is 0.479. The van der Waals surface area contributed by atoms with Crippen molar-refractivity contribution >= 4 is 43.6 Å². The SMILES string of the molecule is NCCC[Si](Oc1ccc(Cl)cc1)(Oc1ccc(Cl)cc1)Oc1ccc(Cl)cc1. The van der Waals surface area contributed by atoms with Gasteiger partial charge in [-0.05, 0) is 85.8 Å². The minimum atomic E-state index is -3.30. The van der Waals surface area contributed by atoms with Crippen LogP contribution in [0.3, 0.4) is 0 Å². The molecule has 3 aromatic carbocycles. The predicted molar refractivity (Wildman–Crippen MR) is 120 cm³/mol. The standard InChI is InChI=1S/C21H20Cl3NO3Si/c22-16-2-8-19(9-3-16)26-29(15-1-14-25,27-20-10-4-17(23)5-11-20)28-21-12-6-18(24)7-13-21/h2-13H,1,14-15,25H2. The Hall–Kier alpha value is -1.89. The molecule has 152 valence electrons. The van der Waals surface area contributed by atoms with E-state index in [0.29, 0.717) is 51.3 Å². The van der Waals surface area contributed by atoms with Crippen LogP contribution < -0.4 is 19.0 Å². The van der Waals surface area contributed by atoms with E-state index in [0.717, 1.165) is 0 Å². The third-order valence-electron chi connectivity index (χ3n) is 3.95. The Morgan fingerprint density at radius 1 is 0.586 bits per heavy atom. The fraction of sp³-hybridized carbons (Fsp3) is 0.143. The summed E-state index contributed by atoms with van der Waals surface area (Å²) in [6.07, 6.45) is 0.668. The summed E-state index contributed by atoms with van der Waals surface area (Å²) in [5.74, 6) is 1.79. The quantitative estimate of drug-likeness (QED) is 0.366. The van der Waals surface area contributed by atoms with E-state index in [1.165, 1.54) is 0 Å². The van der Waals surface area contributed by atoms with Crippen LogP contribution in [-0.4, -0.2) is 15.3 Å². The molecule has 0 bridgehead atoms. The second kappa shape index (κ2) is 10.2. The maximum atomic E-state index is 6.34. The van der Waals surface area contributed by atoms with Crippen molar-refractivity contribution in [2.45, 2.75) is 12.5 Å². The summed E-state index contributed by atoms with van der Waals surface area (Å²) in [6.45, 7) is 0.479. The van der Waals surface area contributed by atoms with Crippen molar-refractivity contribution in [2.75, 3.05) is 6.54 Å². The third-order valence-corrected chi connectivity index (χ3v) is 7.31. The fourth-order valence-electron chi connectivity index (χ4n) is 2.58. The van der Waals surface area contributed by atoms with Crippen LogP contribution >= 0.6 is 34.8 Å². The van der Waals surface area contributed by atoms with Gasteiger partial charge < -0.3 is 19.0 Å². The molecule has 0 saturated heterocycles. The molecule has 0 aliphatic rings. The second-order valence-corrected chi connectivity index (χ2v) is 10.0. The minimum Gasteiger partial charge on any atom is -0.483 e. The van der Waals surface area contributed by atoms with Gasteiger partial charge >= 0.3 is 8.80 Å². The first-order valence-corrected chi connectivity index (χ1v) is 12.1. The van der Waals surface area contributed by atoms with Gasteiger partial charge in [0.2, 0.25) is 0 Å². The Bertz CT molecular complexity index is 790. The summed E-state index contributed by atoms with van der Waals surface area (Å²) in [6, 6.07) is 21.7. The largest absolute Gasteiger partial charge is 0.699 e. The Kier molecular flexibility index (Phi) is 7.69. The maximum Gasteiger partial charge on any atom is 0.699 e. The van der Waals surface area contributed by atoms with Gasteiger partial charge in [0.05, 0.1) is 6.04 Å². The second-order valence-electron chi connectivity index (χ2n) is 6.24. The van der Waals surface area contributed by atoms with E-state index in [1.54, 1.807) is 72.8 Å². The van der Waals surface area contributed by atoms with Crippen LogP contribution in [-0.2, 0) is 0 Å². The summed E-state index contributed by atoms with van der Waals surface area (Å²) >= 11 is 18.0. The van der Waals surface area contributed by atoms with Crippen LogP contribution in [0.25, 0.3) is 0 Å². The van der Waals surface area contributed by atoms with Gasteiger partial charge in [0.15, 0.2) is 0 Å². The third kappa shape index (κ3) is 6.56. The Balaban J connectivity index is 1.96. The zero-order valence-corrected chi connectivity index (χ0v) is 18.8. The van der Waals surface area contributed by atoms with Gasteiger partial charge in [-0.3, -0.25) is 0 Å². The molecule has 0 aliphatic heterocycles. The molecule has 29 heavy (non-hydrogen) atoms. The molecule has 0 aromatic heterocycles. The summed E-state index contributed by atoms with van der Waals surface area (Å²) < 4.78 is 19.0. The molecule has 0 heterocycles. The zero-order chi connectivity index (χ0) is 20.7. The van der Waals surface area contributed by atoms with E-state index in [2.05, 4.69) is 0 Å². The highest BCUT2D eigenvalue weighted by Gasteiger charge is 2.48. The van der Waals surface area contributed by atoms with E-state index in [-0.39, 0.29) is 0 Å². The number of halogens is 3. The van der Waals surface area contributed by atoms with Gasteiger partial charge in [0.25, 0.3) is 0 Å². The normalized spacial score (nSPS) is 11.2. The molecule has 4 nitrogen and oxygen atoms in total. The zero-order valence-electron chi connectivity index (χ0n) is 15.5. The molecule has 2 N–H and O–H groups in total. The lowest BCUT2D eigenvalue weighted by Gasteiger charge is -2.30. The van der Waals surface area contributed by atoms with Crippen LogP contribution in [0.1, 0.15) is 6.42 Å². The predicted octanol–water partition coefficient (Wildman–Crippen LogP) is 6.47. The average Bonchev–Trinajstić information content (AvgIpc) is 2.72. The Morgan fingerprint density at radius 3 is 1.17 bits per heavy atom. The van der Waals surface area contributed by atoms with Crippen LogP contribution in [0, 0.1) is 0 Å². The molecule has 3 rings (SSSR count). The Morgan fingerprint density at radius 2 is 0.897 bits per heavy atom. The molecule has 0 saturated carbocycles. The molecule has 0 aliphatic carbocycles. The van der Waals surface area contributed by atoms with Gasteiger partial charge in [-0.25, -0.2) is 0 Å². The van der Waals surface area contributed by atoms with Gasteiger partial charge in [-0.2, -0.15) is 0 Å². The summed E-state index contributed by atoms with van der Waals surface area (Å²) in [5, 5.41) is 1.84. The molecule has 3 aromatic rings. The van der Waals surface area contributed by atoms with Gasteiger partial charge in [-0.1, -0.05) is 34.8 Å². The topological polar surface area (TPSA) is 53.7 Å². The maximum absolute atomic E-state index is 6.34. The van der Waals surface area contributed by atoms with Crippen LogP contribution in [0.2, 0.25) is 21.1 Å². The fourth-order valence-corrected chi connectivity index (χ4v) is 5.51. The highest BCUT2D eigenvalue weighted by atomic mass is 35.5. The summed E-state index contributed by atoms with van der Waals surface area (Å²) in [5.41, 5.74) is 5.78. The van der Waals surface area contributed by atoms with Crippen molar-refractivity contribution in [1.29, 1.82) is 0 Å². The lowest BCUT2D eigenvalue weighted by molar-refractivity contribution is 0.259. The first-order chi connectivity index (χ1) is 14.0. The number of hydrogen-bond donors (Lipinski definition) is 1. The Labute approximate surface area is 186 Å². The van der Waals surface area contributed by atoms with Crippen molar-refractivity contribution in [1.82, 2.24) is 0 Å². The number of benzene rings is 3. The molecule has 8 heteroatoms. The van der Waals surface area contributed by atoms with Crippen molar-refractivity contribution in [3.05, 3.63) is 87.9 Å². The first-order valence-electron chi connectivity index (χ1n) is 9.02. The van der Waals surface area contributed by atoms with Crippen molar-refractivity contribution in [3.63, 3.8) is 0 Å². The molecule has 0 spiro atoms. The van der Waals surface area contributed by atoms with E-state index >= 15 is 0 Å². The van der Waals surface area contributed by atoms with Crippen molar-refractivity contribution in [3.8, 4) is 17.2 Å². The highest BCUT2D eigenvalue weighted by molar-refractivity contribution is 6.63. The highest BCUT2D eigenvalue weighted by Crippen LogP contribution is 2.29. The first kappa shape index (κ1) is 21.8. The number of nitrogens with two attached hydrogens (primary N) is 1. The average molecular weight is 469 g/mol. The van der Waals surface area contributed by atoms with Gasteiger partial charge in [-0.15, -0.1) is 0 Å². The monoisotopic (exact) mass is 467 g/mol. The van der Waals surface area contributed by atoms with Crippen LogP contribution in [0.5, 0.6) is 17.2 Å². The molecule has 0 unspecified atom stereocenters. The van der Waals surface area contributed by atoms with E-state index < -0.39 is 8.80 Å². The van der Waals surface area contributed by atoms with Gasteiger partial charge in [0.1, 0.15) is 17.2 Å². The molecule has 0 fully saturated rings. The molecule has 0 radical (unpaired) electrons. The smallest absolute Gasteiger partial charge is 0.483 e. The van der Waals surface area contributed by atoms with Crippen LogP contribution in [0.15, 0.2) is 72.8 Å². The van der Waals surface area contributed by atoms with E-state index in [4.69, 9.17) is 53.8 Å². The van der Waals surface area contributed by atoms with Crippen molar-refractivity contribution < 1.29 is 13.3 Å². The molecule has 0 atom stereocenters. The number of hydrogen-bond acceptors (Lipinski definition) is 4.